The van der Waals surface area contributed by atoms with Crippen molar-refractivity contribution in [2.24, 2.45) is 0 Å². The van der Waals surface area contributed by atoms with Crippen LogP contribution in [0.3, 0.4) is 0 Å². The minimum absolute atomic E-state index is 0.262. The molecule has 0 unspecified atom stereocenters. The maximum Gasteiger partial charge on any atom is 0.325 e. The van der Waals surface area contributed by atoms with Gasteiger partial charge in [-0.05, 0) is 38.1 Å². The molecular formula is C13H14FN3O3. The summed E-state index contributed by atoms with van der Waals surface area (Å²) in [7, 11) is 0. The molecule has 2 rings (SSSR count). The first kappa shape index (κ1) is 14.0. The molecule has 1 heterocycles. The van der Waals surface area contributed by atoms with Gasteiger partial charge in [-0.15, -0.1) is 0 Å². The van der Waals surface area contributed by atoms with E-state index in [-0.39, 0.29) is 6.54 Å². The molecule has 6 nitrogen and oxygen atoms in total. The van der Waals surface area contributed by atoms with Gasteiger partial charge in [0.15, 0.2) is 0 Å². The van der Waals surface area contributed by atoms with Crippen LogP contribution < -0.4 is 10.6 Å². The number of hydrogen-bond donors (Lipinski definition) is 2. The van der Waals surface area contributed by atoms with Gasteiger partial charge < -0.3 is 10.2 Å². The van der Waals surface area contributed by atoms with Gasteiger partial charge in [0, 0.05) is 5.69 Å². The monoisotopic (exact) mass is 279 g/mol. The summed E-state index contributed by atoms with van der Waals surface area (Å²) in [6.45, 7) is 2.85. The first-order valence-corrected chi connectivity index (χ1v) is 5.99. The highest BCUT2D eigenvalue weighted by Crippen LogP contribution is 2.20. The number of rotatable bonds is 3. The van der Waals surface area contributed by atoms with Gasteiger partial charge in [0.05, 0.1) is 0 Å². The van der Waals surface area contributed by atoms with Crippen molar-refractivity contribution >= 4 is 23.5 Å². The van der Waals surface area contributed by atoms with E-state index >= 15 is 0 Å². The number of hydrogen-bond acceptors (Lipinski definition) is 3. The summed E-state index contributed by atoms with van der Waals surface area (Å²) in [5, 5.41) is 4.68. The van der Waals surface area contributed by atoms with E-state index in [0.717, 1.165) is 4.90 Å². The summed E-state index contributed by atoms with van der Waals surface area (Å²) >= 11 is 0. The first-order chi connectivity index (χ1) is 9.30. The highest BCUT2D eigenvalue weighted by atomic mass is 19.1. The molecule has 0 bridgehead atoms. The van der Waals surface area contributed by atoms with E-state index in [0.29, 0.717) is 5.69 Å². The smallest absolute Gasteiger partial charge is 0.325 e. The number of halogens is 1. The zero-order valence-electron chi connectivity index (χ0n) is 11.1. The number of nitrogens with zero attached hydrogens (tertiary/aromatic N) is 1. The van der Waals surface area contributed by atoms with Crippen molar-refractivity contribution in [1.82, 2.24) is 10.2 Å². The topological polar surface area (TPSA) is 78.5 Å². The average molecular weight is 279 g/mol. The van der Waals surface area contributed by atoms with E-state index < -0.39 is 29.2 Å². The third-order valence-corrected chi connectivity index (χ3v) is 3.13. The number of carbonyl (C=O) groups excluding carboxylic acids is 3. The van der Waals surface area contributed by atoms with E-state index in [2.05, 4.69) is 10.6 Å². The van der Waals surface area contributed by atoms with Gasteiger partial charge in [-0.2, -0.15) is 0 Å². The van der Waals surface area contributed by atoms with Gasteiger partial charge in [-0.25, -0.2) is 9.18 Å². The minimum Gasteiger partial charge on any atom is -0.325 e. The molecule has 0 aliphatic carbocycles. The lowest BCUT2D eigenvalue weighted by molar-refractivity contribution is -0.126. The maximum absolute atomic E-state index is 12.7. The summed E-state index contributed by atoms with van der Waals surface area (Å²) < 4.78 is 12.7. The lowest BCUT2D eigenvalue weighted by Crippen LogP contribution is -2.47. The summed E-state index contributed by atoms with van der Waals surface area (Å²) in [6.07, 6.45) is 0. The normalized spacial score (nSPS) is 17.1. The third-order valence-electron chi connectivity index (χ3n) is 3.13. The van der Waals surface area contributed by atoms with Gasteiger partial charge in [0.1, 0.15) is 17.9 Å². The molecular weight excluding hydrogens is 265 g/mol. The van der Waals surface area contributed by atoms with Gasteiger partial charge in [-0.3, -0.25) is 14.9 Å². The molecule has 7 heteroatoms. The highest BCUT2D eigenvalue weighted by Gasteiger charge is 2.46. The Hall–Kier alpha value is -2.44. The molecule has 1 aliphatic rings. The number of carbonyl (C=O) groups is 3. The van der Waals surface area contributed by atoms with E-state index in [1.807, 2.05) is 0 Å². The lowest BCUT2D eigenvalue weighted by atomic mass is 10.0. The second-order valence-corrected chi connectivity index (χ2v) is 4.96. The first-order valence-electron chi connectivity index (χ1n) is 5.99. The Morgan fingerprint density at radius 2 is 1.90 bits per heavy atom. The largest absolute Gasteiger partial charge is 0.325 e. The fraction of sp³-hybridized carbons (Fsp3) is 0.308. The number of nitrogens with one attached hydrogen (secondary N) is 2. The molecule has 1 aliphatic heterocycles. The fourth-order valence-corrected chi connectivity index (χ4v) is 1.84. The predicted octanol–water partition coefficient (Wildman–Crippen LogP) is 1.09. The molecule has 0 aromatic heterocycles. The molecule has 2 N–H and O–H groups in total. The molecule has 0 spiro atoms. The summed E-state index contributed by atoms with van der Waals surface area (Å²) in [5.74, 6) is -1.32. The van der Waals surface area contributed by atoms with Crippen molar-refractivity contribution in [1.29, 1.82) is 0 Å². The van der Waals surface area contributed by atoms with Crippen LogP contribution in [0.5, 0.6) is 0 Å². The lowest BCUT2D eigenvalue weighted by Gasteiger charge is -2.27. The van der Waals surface area contributed by atoms with Crippen LogP contribution in [0.4, 0.5) is 14.9 Å². The van der Waals surface area contributed by atoms with Crippen molar-refractivity contribution in [2.45, 2.75) is 19.4 Å². The van der Waals surface area contributed by atoms with Crippen LogP contribution >= 0.6 is 0 Å². The standard InChI is InChI=1S/C13H14FN3O3/c1-13(2)11(19)16-12(20)17(13)7-10(18)15-9-5-3-8(14)4-6-9/h3-6H,7H2,1-2H3,(H,15,18)(H,16,19,20). The van der Waals surface area contributed by atoms with E-state index in [4.69, 9.17) is 0 Å². The van der Waals surface area contributed by atoms with Crippen LogP contribution in [0.15, 0.2) is 24.3 Å². The number of urea groups is 1. The second kappa shape index (κ2) is 4.92. The van der Waals surface area contributed by atoms with Crippen LogP contribution in [0.2, 0.25) is 0 Å². The summed E-state index contributed by atoms with van der Waals surface area (Å²) in [6, 6.07) is 4.65. The molecule has 1 fully saturated rings. The zero-order valence-corrected chi connectivity index (χ0v) is 11.1. The van der Waals surface area contributed by atoms with Crippen molar-refractivity contribution in [2.75, 3.05) is 11.9 Å². The molecule has 0 radical (unpaired) electrons. The maximum atomic E-state index is 12.7. The molecule has 106 valence electrons. The number of imide groups is 1. The van der Waals surface area contributed by atoms with Crippen molar-refractivity contribution in [3.05, 3.63) is 30.1 Å². The zero-order chi connectivity index (χ0) is 14.9. The van der Waals surface area contributed by atoms with Crippen LogP contribution in [0.1, 0.15) is 13.8 Å². The van der Waals surface area contributed by atoms with E-state index in [1.54, 1.807) is 13.8 Å². The molecule has 20 heavy (non-hydrogen) atoms. The third kappa shape index (κ3) is 2.61. The Kier molecular flexibility index (Phi) is 3.44. The van der Waals surface area contributed by atoms with Crippen molar-refractivity contribution in [3.63, 3.8) is 0 Å². The fourth-order valence-electron chi connectivity index (χ4n) is 1.84. The number of benzene rings is 1. The number of amides is 4. The van der Waals surface area contributed by atoms with Gasteiger partial charge in [-0.1, -0.05) is 0 Å². The van der Waals surface area contributed by atoms with Crippen LogP contribution in [0.25, 0.3) is 0 Å². The quantitative estimate of drug-likeness (QED) is 0.813. The Morgan fingerprint density at radius 1 is 1.30 bits per heavy atom. The second-order valence-electron chi connectivity index (χ2n) is 4.96. The average Bonchev–Trinajstić information content (AvgIpc) is 2.55. The minimum atomic E-state index is -1.07. The highest BCUT2D eigenvalue weighted by molar-refractivity contribution is 6.08. The van der Waals surface area contributed by atoms with Crippen LogP contribution in [-0.2, 0) is 9.59 Å². The summed E-state index contributed by atoms with van der Waals surface area (Å²) in [4.78, 5) is 36.1. The van der Waals surface area contributed by atoms with Crippen LogP contribution in [-0.4, -0.2) is 34.8 Å². The molecule has 1 aromatic rings. The van der Waals surface area contributed by atoms with Gasteiger partial charge in [0.25, 0.3) is 5.91 Å². The van der Waals surface area contributed by atoms with E-state index in [1.165, 1.54) is 24.3 Å². The Morgan fingerprint density at radius 3 is 2.40 bits per heavy atom. The Bertz CT molecular complexity index is 569. The molecule has 4 amide bonds. The van der Waals surface area contributed by atoms with Gasteiger partial charge in [0.2, 0.25) is 5.91 Å². The molecule has 0 saturated carbocycles. The Labute approximate surface area is 114 Å². The Balaban J connectivity index is 2.03. The molecule has 1 aromatic carbocycles. The molecule has 1 saturated heterocycles. The molecule has 0 atom stereocenters. The SMILES string of the molecule is CC1(C)C(=O)NC(=O)N1CC(=O)Nc1ccc(F)cc1. The van der Waals surface area contributed by atoms with Crippen molar-refractivity contribution in [3.8, 4) is 0 Å². The summed E-state index contributed by atoms with van der Waals surface area (Å²) in [5.41, 5.74) is -0.655. The van der Waals surface area contributed by atoms with Crippen LogP contribution in [0, 0.1) is 5.82 Å². The number of anilines is 1. The predicted molar refractivity (Wildman–Crippen MR) is 69.4 cm³/mol. The van der Waals surface area contributed by atoms with Gasteiger partial charge >= 0.3 is 6.03 Å². The van der Waals surface area contributed by atoms with E-state index in [9.17, 15) is 18.8 Å². The van der Waals surface area contributed by atoms with Crippen molar-refractivity contribution < 1.29 is 18.8 Å².